The number of carbonyl (C=O) groups excluding carboxylic acids is 1. The molecule has 2 aromatic rings. The molecular formula is C16H16Cl2N2O3. The van der Waals surface area contributed by atoms with Crippen molar-refractivity contribution in [3.05, 3.63) is 52.5 Å². The number of anilines is 1. The third kappa shape index (κ3) is 5.23. The lowest BCUT2D eigenvalue weighted by atomic mass is 10.3. The lowest BCUT2D eigenvalue weighted by molar-refractivity contribution is 0.246. The first-order valence-electron chi connectivity index (χ1n) is 6.86. The Labute approximate surface area is 144 Å². The summed E-state index contributed by atoms with van der Waals surface area (Å²) in [5.41, 5.74) is 0.558. The first-order valence-corrected chi connectivity index (χ1v) is 7.61. The first-order chi connectivity index (χ1) is 11.1. The van der Waals surface area contributed by atoms with Crippen LogP contribution in [0.25, 0.3) is 0 Å². The van der Waals surface area contributed by atoms with Gasteiger partial charge in [-0.3, -0.25) is 0 Å². The maximum absolute atomic E-state index is 11.8. The Morgan fingerprint density at radius 2 is 1.83 bits per heavy atom. The van der Waals surface area contributed by atoms with Crippen LogP contribution in [0.1, 0.15) is 0 Å². The second kappa shape index (κ2) is 8.50. The van der Waals surface area contributed by atoms with Crippen LogP contribution in [-0.2, 0) is 0 Å². The fourth-order valence-electron chi connectivity index (χ4n) is 1.81. The highest BCUT2D eigenvalue weighted by Crippen LogP contribution is 2.26. The molecule has 0 heterocycles. The number of halogens is 2. The molecule has 23 heavy (non-hydrogen) atoms. The Balaban J connectivity index is 1.75. The van der Waals surface area contributed by atoms with Crippen molar-refractivity contribution >= 4 is 34.9 Å². The Kier molecular flexibility index (Phi) is 6.38. The van der Waals surface area contributed by atoms with Gasteiger partial charge in [0, 0.05) is 5.69 Å². The van der Waals surface area contributed by atoms with Crippen LogP contribution >= 0.6 is 23.2 Å². The van der Waals surface area contributed by atoms with E-state index < -0.39 is 0 Å². The van der Waals surface area contributed by atoms with Gasteiger partial charge in [-0.25, -0.2) is 4.79 Å². The van der Waals surface area contributed by atoms with Crippen LogP contribution in [0, 0.1) is 0 Å². The average Bonchev–Trinajstić information content (AvgIpc) is 2.55. The monoisotopic (exact) mass is 354 g/mol. The highest BCUT2D eigenvalue weighted by atomic mass is 35.5. The van der Waals surface area contributed by atoms with E-state index in [-0.39, 0.29) is 6.03 Å². The van der Waals surface area contributed by atoms with Gasteiger partial charge < -0.3 is 20.1 Å². The fraction of sp³-hybridized carbons (Fsp3) is 0.188. The molecule has 0 spiro atoms. The van der Waals surface area contributed by atoms with Crippen molar-refractivity contribution in [2.45, 2.75) is 0 Å². The third-order valence-electron chi connectivity index (χ3n) is 2.89. The lowest BCUT2D eigenvalue weighted by Gasteiger charge is -2.11. The highest BCUT2D eigenvalue weighted by Gasteiger charge is 2.05. The van der Waals surface area contributed by atoms with Crippen LogP contribution < -0.4 is 20.1 Å². The maximum atomic E-state index is 11.8. The normalized spacial score (nSPS) is 10.0. The molecule has 0 unspecified atom stereocenters. The summed E-state index contributed by atoms with van der Waals surface area (Å²) in [6, 6.07) is 11.8. The Bertz CT molecular complexity index is 680. The summed E-state index contributed by atoms with van der Waals surface area (Å²) in [4.78, 5) is 11.8. The van der Waals surface area contributed by atoms with Crippen molar-refractivity contribution in [3.63, 3.8) is 0 Å². The summed E-state index contributed by atoms with van der Waals surface area (Å²) in [5, 5.41) is 6.15. The Morgan fingerprint density at radius 3 is 2.52 bits per heavy atom. The number of urea groups is 1. The van der Waals surface area contributed by atoms with Crippen LogP contribution in [0.4, 0.5) is 10.5 Å². The van der Waals surface area contributed by atoms with E-state index in [4.69, 9.17) is 32.7 Å². The molecule has 0 bridgehead atoms. The zero-order chi connectivity index (χ0) is 16.7. The number of hydrogen-bond donors (Lipinski definition) is 2. The number of amides is 2. The van der Waals surface area contributed by atoms with Crippen molar-refractivity contribution in [1.82, 2.24) is 5.32 Å². The lowest BCUT2D eigenvalue weighted by Crippen LogP contribution is -2.32. The van der Waals surface area contributed by atoms with Gasteiger partial charge in [-0.15, -0.1) is 0 Å². The third-order valence-corrected chi connectivity index (χ3v) is 3.63. The predicted molar refractivity (Wildman–Crippen MR) is 92.0 cm³/mol. The van der Waals surface area contributed by atoms with Crippen LogP contribution in [0.5, 0.6) is 11.5 Å². The van der Waals surface area contributed by atoms with E-state index >= 15 is 0 Å². The minimum Gasteiger partial charge on any atom is -0.493 e. The number of nitrogens with one attached hydrogen (secondary N) is 2. The van der Waals surface area contributed by atoms with Gasteiger partial charge in [-0.05, 0) is 30.3 Å². The fourth-order valence-corrected chi connectivity index (χ4v) is 2.11. The molecule has 0 aliphatic carbocycles. The molecular weight excluding hydrogens is 339 g/mol. The Morgan fingerprint density at radius 1 is 1.09 bits per heavy atom. The molecule has 2 N–H and O–H groups in total. The number of methoxy groups -OCH3 is 1. The van der Waals surface area contributed by atoms with Crippen molar-refractivity contribution in [2.24, 2.45) is 0 Å². The van der Waals surface area contributed by atoms with Crippen molar-refractivity contribution in [2.75, 3.05) is 25.6 Å². The second-order valence-electron chi connectivity index (χ2n) is 4.51. The minimum absolute atomic E-state index is 0.315. The summed E-state index contributed by atoms with van der Waals surface area (Å²) < 4.78 is 10.7. The number of carbonyl (C=O) groups is 1. The number of benzene rings is 2. The molecule has 5 nitrogen and oxygen atoms in total. The summed E-state index contributed by atoms with van der Waals surface area (Å²) in [6.45, 7) is 0.653. The molecule has 7 heteroatoms. The van der Waals surface area contributed by atoms with Gasteiger partial charge in [0.15, 0.2) is 11.5 Å². The molecule has 0 saturated heterocycles. The van der Waals surface area contributed by atoms with E-state index in [1.54, 1.807) is 37.4 Å². The van der Waals surface area contributed by atoms with Gasteiger partial charge in [0.1, 0.15) is 6.61 Å². The van der Waals surface area contributed by atoms with Gasteiger partial charge in [0.25, 0.3) is 0 Å². The Hall–Kier alpha value is -2.11. The van der Waals surface area contributed by atoms with Crippen LogP contribution in [0.2, 0.25) is 10.0 Å². The number of rotatable bonds is 6. The molecule has 0 aliphatic rings. The van der Waals surface area contributed by atoms with E-state index in [1.165, 1.54) is 0 Å². The number of para-hydroxylation sites is 2. The molecule has 0 aromatic heterocycles. The smallest absolute Gasteiger partial charge is 0.319 e. The zero-order valence-electron chi connectivity index (χ0n) is 12.4. The second-order valence-corrected chi connectivity index (χ2v) is 5.32. The van der Waals surface area contributed by atoms with E-state index in [0.29, 0.717) is 40.4 Å². The molecule has 2 aromatic carbocycles. The molecule has 2 amide bonds. The first kappa shape index (κ1) is 17.2. The SMILES string of the molecule is COc1ccccc1OCCNC(=O)Nc1ccc(Cl)c(Cl)c1. The van der Waals surface area contributed by atoms with Crippen molar-refractivity contribution < 1.29 is 14.3 Å². The van der Waals surface area contributed by atoms with Crippen molar-refractivity contribution in [1.29, 1.82) is 0 Å². The maximum Gasteiger partial charge on any atom is 0.319 e. The molecule has 122 valence electrons. The van der Waals surface area contributed by atoms with Gasteiger partial charge in [-0.2, -0.15) is 0 Å². The largest absolute Gasteiger partial charge is 0.493 e. The number of hydrogen-bond acceptors (Lipinski definition) is 3. The van der Waals surface area contributed by atoms with Gasteiger partial charge >= 0.3 is 6.03 Å². The quantitative estimate of drug-likeness (QED) is 0.764. The van der Waals surface area contributed by atoms with Crippen LogP contribution in [0.15, 0.2) is 42.5 Å². The highest BCUT2D eigenvalue weighted by molar-refractivity contribution is 6.42. The molecule has 0 fully saturated rings. The average molecular weight is 355 g/mol. The summed E-state index contributed by atoms with van der Waals surface area (Å²) >= 11 is 11.7. The summed E-state index contributed by atoms with van der Waals surface area (Å²) in [6.07, 6.45) is 0. The predicted octanol–water partition coefficient (Wildman–Crippen LogP) is 4.20. The van der Waals surface area contributed by atoms with E-state index in [9.17, 15) is 4.79 Å². The van der Waals surface area contributed by atoms with Gasteiger partial charge in [-0.1, -0.05) is 35.3 Å². The van der Waals surface area contributed by atoms with Crippen LogP contribution in [-0.4, -0.2) is 26.3 Å². The summed E-state index contributed by atoms with van der Waals surface area (Å²) in [5.74, 6) is 1.27. The van der Waals surface area contributed by atoms with Gasteiger partial charge in [0.05, 0.1) is 23.7 Å². The standard InChI is InChI=1S/C16H16Cl2N2O3/c1-22-14-4-2-3-5-15(14)23-9-8-19-16(21)20-11-6-7-12(17)13(18)10-11/h2-7,10H,8-9H2,1H3,(H2,19,20,21). The van der Waals surface area contributed by atoms with E-state index in [2.05, 4.69) is 10.6 Å². The zero-order valence-corrected chi connectivity index (χ0v) is 13.9. The number of ether oxygens (including phenoxy) is 2. The topological polar surface area (TPSA) is 59.6 Å². The van der Waals surface area contributed by atoms with E-state index in [0.717, 1.165) is 0 Å². The van der Waals surface area contributed by atoms with E-state index in [1.807, 2.05) is 12.1 Å². The molecule has 0 radical (unpaired) electrons. The van der Waals surface area contributed by atoms with Crippen molar-refractivity contribution in [3.8, 4) is 11.5 Å². The molecule has 2 rings (SSSR count). The molecule has 0 aliphatic heterocycles. The summed E-state index contributed by atoms with van der Waals surface area (Å²) in [7, 11) is 1.57. The van der Waals surface area contributed by atoms with Crippen LogP contribution in [0.3, 0.4) is 0 Å². The van der Waals surface area contributed by atoms with Gasteiger partial charge in [0.2, 0.25) is 0 Å². The molecule has 0 saturated carbocycles. The minimum atomic E-state index is -0.355. The molecule has 0 atom stereocenters.